The van der Waals surface area contributed by atoms with E-state index in [1.54, 1.807) is 0 Å². The molecule has 0 aliphatic heterocycles. The van der Waals surface area contributed by atoms with Crippen LogP contribution in [0, 0.1) is 6.92 Å². The van der Waals surface area contributed by atoms with Crippen LogP contribution in [0.1, 0.15) is 43.2 Å². The van der Waals surface area contributed by atoms with Crippen LogP contribution in [-0.4, -0.2) is 7.25 Å². The summed E-state index contributed by atoms with van der Waals surface area (Å²) in [5.74, 6) is 0. The topological polar surface area (TPSA) is 3.88 Å². The van der Waals surface area contributed by atoms with E-state index in [0.29, 0.717) is 0 Å². The number of pyridine rings is 1. The Labute approximate surface area is 210 Å². The van der Waals surface area contributed by atoms with Gasteiger partial charge < -0.3 is 17.3 Å². The fourth-order valence-corrected chi connectivity index (χ4v) is 4.90. The van der Waals surface area contributed by atoms with Gasteiger partial charge in [0, 0.05) is 29.2 Å². The van der Waals surface area contributed by atoms with E-state index in [1.807, 2.05) is 0 Å². The molecular formula is C30H30BF4N. The first-order valence-corrected chi connectivity index (χ1v) is 12.1. The first kappa shape index (κ1) is 25.7. The zero-order chi connectivity index (χ0) is 26.1. The lowest BCUT2D eigenvalue weighted by Gasteiger charge is -2.26. The maximum absolute atomic E-state index is 9.75. The van der Waals surface area contributed by atoms with Gasteiger partial charge in [0.15, 0.2) is 5.69 Å². The van der Waals surface area contributed by atoms with Gasteiger partial charge in [-0.3, -0.25) is 0 Å². The van der Waals surface area contributed by atoms with Gasteiger partial charge in [-0.05, 0) is 48.1 Å². The van der Waals surface area contributed by atoms with Crippen LogP contribution in [0.4, 0.5) is 17.3 Å². The molecule has 4 aromatic rings. The van der Waals surface area contributed by atoms with Gasteiger partial charge in [-0.15, -0.1) is 0 Å². The van der Waals surface area contributed by atoms with Gasteiger partial charge >= 0.3 is 7.25 Å². The summed E-state index contributed by atoms with van der Waals surface area (Å²) in [6.45, 7) is 9.15. The summed E-state index contributed by atoms with van der Waals surface area (Å²) in [5.41, 5.74) is 12.2. The minimum absolute atomic E-state index is 0.00526. The fourth-order valence-electron chi connectivity index (χ4n) is 4.90. The van der Waals surface area contributed by atoms with Gasteiger partial charge in [0.1, 0.15) is 0 Å². The van der Waals surface area contributed by atoms with E-state index in [2.05, 4.69) is 117 Å². The Hall–Kier alpha value is -3.41. The third kappa shape index (κ3) is 5.70. The molecule has 0 spiro atoms. The molecule has 0 atom stereocenters. The Kier molecular flexibility index (Phi) is 7.08. The minimum Gasteiger partial charge on any atom is -0.418 e. The maximum atomic E-state index is 9.75. The van der Waals surface area contributed by atoms with Crippen molar-refractivity contribution in [1.82, 2.24) is 0 Å². The SMILES string of the molecule is Cc1cccc(-[n+]2c(C(C)(C)C)cc(-c3ccccc3)c3c2-c2ccccc2CC3)c1.F[B-](F)(F)F. The second-order valence-corrected chi connectivity index (χ2v) is 10.2. The predicted molar refractivity (Wildman–Crippen MR) is 140 cm³/mol. The summed E-state index contributed by atoms with van der Waals surface area (Å²) in [6, 6.07) is 31.2. The molecule has 36 heavy (non-hydrogen) atoms. The second kappa shape index (κ2) is 9.92. The van der Waals surface area contributed by atoms with E-state index >= 15 is 0 Å². The molecule has 0 N–H and O–H groups in total. The van der Waals surface area contributed by atoms with Gasteiger partial charge in [0.25, 0.3) is 0 Å². The van der Waals surface area contributed by atoms with Crippen molar-refractivity contribution in [2.45, 2.75) is 46.0 Å². The normalized spacial score (nSPS) is 12.8. The molecule has 0 amide bonds. The van der Waals surface area contributed by atoms with Crippen LogP contribution in [0.5, 0.6) is 0 Å². The Morgan fingerprint density at radius 1 is 0.722 bits per heavy atom. The van der Waals surface area contributed by atoms with Crippen LogP contribution in [0.15, 0.2) is 84.9 Å². The number of benzene rings is 3. The molecule has 0 saturated heterocycles. The third-order valence-corrected chi connectivity index (χ3v) is 6.39. The Morgan fingerprint density at radius 2 is 1.36 bits per heavy atom. The standard InChI is InChI=1S/C30H30N.BF4/c1-21-11-10-15-24(19-21)31-28(30(2,3)4)20-27(22-12-6-5-7-13-22)26-18-17-23-14-8-9-16-25(23)29(26)31;2-1(3,4)5/h5-16,19-20H,17-18H2,1-4H3;/q+1;-1. The Morgan fingerprint density at radius 3 is 2.00 bits per heavy atom. The van der Waals surface area contributed by atoms with Gasteiger partial charge in [-0.1, -0.05) is 81.4 Å². The molecule has 1 heterocycles. The monoisotopic (exact) mass is 491 g/mol. The zero-order valence-corrected chi connectivity index (χ0v) is 21.0. The molecule has 0 saturated carbocycles. The Bertz CT molecular complexity index is 1370. The molecule has 1 aliphatic rings. The molecular weight excluding hydrogens is 461 g/mol. The van der Waals surface area contributed by atoms with Crippen LogP contribution in [0.25, 0.3) is 28.1 Å². The first-order chi connectivity index (χ1) is 16.9. The van der Waals surface area contributed by atoms with Crippen molar-refractivity contribution in [2.24, 2.45) is 0 Å². The second-order valence-electron chi connectivity index (χ2n) is 10.2. The number of hydrogen-bond donors (Lipinski definition) is 0. The summed E-state index contributed by atoms with van der Waals surface area (Å²) in [6.07, 6.45) is 2.15. The maximum Gasteiger partial charge on any atom is 0.673 e. The Balaban J connectivity index is 0.000000556. The molecule has 0 bridgehead atoms. The molecule has 1 aromatic heterocycles. The summed E-state index contributed by atoms with van der Waals surface area (Å²) in [7, 11) is -6.00. The van der Waals surface area contributed by atoms with Crippen molar-refractivity contribution in [1.29, 1.82) is 0 Å². The van der Waals surface area contributed by atoms with Crippen molar-refractivity contribution in [3.05, 3.63) is 107 Å². The zero-order valence-electron chi connectivity index (χ0n) is 21.0. The van der Waals surface area contributed by atoms with E-state index in [-0.39, 0.29) is 5.41 Å². The first-order valence-electron chi connectivity index (χ1n) is 12.1. The number of hydrogen-bond acceptors (Lipinski definition) is 0. The quantitative estimate of drug-likeness (QED) is 0.151. The van der Waals surface area contributed by atoms with Crippen LogP contribution < -0.4 is 4.57 Å². The van der Waals surface area contributed by atoms with Gasteiger partial charge in [0.2, 0.25) is 11.4 Å². The number of aryl methyl sites for hydroxylation is 2. The van der Waals surface area contributed by atoms with Gasteiger partial charge in [-0.2, -0.15) is 4.57 Å². The molecule has 0 unspecified atom stereocenters. The molecule has 6 heteroatoms. The lowest BCUT2D eigenvalue weighted by Crippen LogP contribution is -2.45. The molecule has 3 aromatic carbocycles. The highest BCUT2D eigenvalue weighted by Gasteiger charge is 2.36. The summed E-state index contributed by atoms with van der Waals surface area (Å²) in [5, 5.41) is 0. The van der Waals surface area contributed by atoms with E-state index in [0.717, 1.165) is 12.8 Å². The summed E-state index contributed by atoms with van der Waals surface area (Å²) < 4.78 is 41.5. The third-order valence-electron chi connectivity index (χ3n) is 6.39. The average molecular weight is 491 g/mol. The van der Waals surface area contributed by atoms with Crippen LogP contribution in [-0.2, 0) is 18.3 Å². The number of rotatable bonds is 2. The van der Waals surface area contributed by atoms with E-state index in [4.69, 9.17) is 0 Å². The highest BCUT2D eigenvalue weighted by molar-refractivity contribution is 6.50. The highest BCUT2D eigenvalue weighted by atomic mass is 19.5. The number of fused-ring (bicyclic) bond motifs is 3. The summed E-state index contributed by atoms with van der Waals surface area (Å²) >= 11 is 0. The molecule has 0 radical (unpaired) electrons. The smallest absolute Gasteiger partial charge is 0.418 e. The van der Waals surface area contributed by atoms with E-state index in [9.17, 15) is 17.3 Å². The highest BCUT2D eigenvalue weighted by Crippen LogP contribution is 2.40. The number of aromatic nitrogens is 1. The molecule has 0 fully saturated rings. The molecule has 1 aliphatic carbocycles. The molecule has 5 rings (SSSR count). The molecule has 186 valence electrons. The lowest BCUT2D eigenvalue weighted by molar-refractivity contribution is -0.597. The van der Waals surface area contributed by atoms with Crippen LogP contribution in [0.2, 0.25) is 0 Å². The minimum atomic E-state index is -6.00. The average Bonchev–Trinajstić information content (AvgIpc) is 2.81. The lowest BCUT2D eigenvalue weighted by atomic mass is 9.81. The fraction of sp³-hybridized carbons (Fsp3) is 0.233. The van der Waals surface area contributed by atoms with Crippen molar-refractivity contribution >= 4 is 7.25 Å². The van der Waals surface area contributed by atoms with Crippen LogP contribution >= 0.6 is 0 Å². The predicted octanol–water partition coefficient (Wildman–Crippen LogP) is 8.30. The van der Waals surface area contributed by atoms with Crippen molar-refractivity contribution in [2.75, 3.05) is 0 Å². The molecule has 1 nitrogen and oxygen atoms in total. The van der Waals surface area contributed by atoms with Crippen molar-refractivity contribution in [3.8, 4) is 28.1 Å². The van der Waals surface area contributed by atoms with E-state index in [1.165, 1.54) is 50.5 Å². The van der Waals surface area contributed by atoms with Crippen LogP contribution in [0.3, 0.4) is 0 Å². The number of nitrogens with zero attached hydrogens (tertiary/aromatic N) is 1. The van der Waals surface area contributed by atoms with Crippen molar-refractivity contribution in [3.63, 3.8) is 0 Å². The van der Waals surface area contributed by atoms with Crippen molar-refractivity contribution < 1.29 is 21.8 Å². The largest absolute Gasteiger partial charge is 0.673 e. The number of halogens is 4. The van der Waals surface area contributed by atoms with Gasteiger partial charge in [0.05, 0.1) is 5.56 Å². The summed E-state index contributed by atoms with van der Waals surface area (Å²) in [4.78, 5) is 0. The van der Waals surface area contributed by atoms with Gasteiger partial charge in [-0.25, -0.2) is 0 Å². The van der Waals surface area contributed by atoms with E-state index < -0.39 is 7.25 Å².